The molecule has 3 heterocycles. The van der Waals surface area contributed by atoms with E-state index in [1.54, 1.807) is 6.20 Å². The molecule has 5 heteroatoms. The lowest BCUT2D eigenvalue weighted by atomic mass is 9.96. The first-order valence-corrected chi connectivity index (χ1v) is 14.1. The molecule has 0 saturated heterocycles. The minimum absolute atomic E-state index is 0.576. The molecule has 0 aliphatic heterocycles. The Labute approximate surface area is 248 Å². The summed E-state index contributed by atoms with van der Waals surface area (Å²) in [5.74, 6) is 1.80. The van der Waals surface area contributed by atoms with E-state index < -0.39 is 0 Å². The zero-order valence-corrected chi connectivity index (χ0v) is 23.1. The lowest BCUT2D eigenvalue weighted by molar-refractivity contribution is 0.654. The van der Waals surface area contributed by atoms with Crippen LogP contribution in [0.25, 0.3) is 78.5 Å². The number of fused-ring (bicyclic) bond motifs is 3. The van der Waals surface area contributed by atoms with Gasteiger partial charge >= 0.3 is 0 Å². The summed E-state index contributed by atoms with van der Waals surface area (Å²) in [6.07, 6.45) is 1.75. The van der Waals surface area contributed by atoms with Gasteiger partial charge in [0, 0.05) is 33.7 Å². The Morgan fingerprint density at radius 2 is 0.930 bits per heavy atom. The smallest absolute Gasteiger partial charge is 0.227 e. The van der Waals surface area contributed by atoms with Crippen LogP contribution in [-0.4, -0.2) is 19.9 Å². The topological polar surface area (TPSA) is 64.7 Å². The van der Waals surface area contributed by atoms with Crippen molar-refractivity contribution in [3.8, 4) is 56.4 Å². The van der Waals surface area contributed by atoms with E-state index in [-0.39, 0.29) is 0 Å². The number of aromatic nitrogens is 4. The normalized spacial score (nSPS) is 11.3. The first kappa shape index (κ1) is 24.8. The summed E-state index contributed by atoms with van der Waals surface area (Å²) in [5, 5.41) is 1.85. The van der Waals surface area contributed by atoms with Crippen LogP contribution in [0.3, 0.4) is 0 Å². The highest BCUT2D eigenvalue weighted by Gasteiger charge is 2.20. The summed E-state index contributed by atoms with van der Waals surface area (Å²) in [4.78, 5) is 19.5. The largest absolute Gasteiger partial charge is 0.438 e. The average molecular weight is 553 g/mol. The van der Waals surface area contributed by atoms with Crippen LogP contribution in [0.4, 0.5) is 0 Å². The van der Waals surface area contributed by atoms with Gasteiger partial charge in [-0.05, 0) is 46.5 Å². The molecule has 0 atom stereocenters. The number of nitrogens with zero attached hydrogens (tertiary/aromatic N) is 4. The molecule has 43 heavy (non-hydrogen) atoms. The molecule has 0 radical (unpaired) electrons. The van der Waals surface area contributed by atoms with Gasteiger partial charge in [0.05, 0.1) is 0 Å². The maximum Gasteiger partial charge on any atom is 0.227 e. The maximum atomic E-state index is 6.32. The molecule has 3 aromatic heterocycles. The second kappa shape index (κ2) is 10.5. The molecule has 5 nitrogen and oxygen atoms in total. The third-order valence-corrected chi connectivity index (χ3v) is 7.61. The predicted molar refractivity (Wildman–Crippen MR) is 172 cm³/mol. The van der Waals surface area contributed by atoms with E-state index in [4.69, 9.17) is 19.4 Å². The number of hydrogen-bond donors (Lipinski definition) is 0. The standard InChI is InChI=1S/C38H24N4O/c1-4-11-25(12-5-1)26-18-20-27(21-19-26)30-23-32(34-31-17-10-22-39-38(31)43-33(34)24-30)37-41-35(28-13-6-2-7-14-28)40-36(42-37)29-15-8-3-9-16-29/h1-24H. The molecule has 0 unspecified atom stereocenters. The van der Waals surface area contributed by atoms with Crippen LogP contribution >= 0.6 is 0 Å². The Bertz CT molecular complexity index is 2150. The van der Waals surface area contributed by atoms with Gasteiger partial charge in [-0.1, -0.05) is 115 Å². The molecule has 8 aromatic rings. The summed E-state index contributed by atoms with van der Waals surface area (Å²) in [5.41, 5.74) is 8.44. The number of furan rings is 1. The lowest BCUT2D eigenvalue weighted by Gasteiger charge is -2.11. The van der Waals surface area contributed by atoms with Crippen LogP contribution in [-0.2, 0) is 0 Å². The molecule has 0 N–H and O–H groups in total. The predicted octanol–water partition coefficient (Wildman–Crippen LogP) is 9.50. The van der Waals surface area contributed by atoms with Crippen LogP contribution in [0.2, 0.25) is 0 Å². The first-order chi connectivity index (χ1) is 21.3. The molecule has 0 amide bonds. The fraction of sp³-hybridized carbons (Fsp3) is 0. The zero-order valence-electron chi connectivity index (χ0n) is 23.1. The molecule has 0 bridgehead atoms. The van der Waals surface area contributed by atoms with Crippen molar-refractivity contribution < 1.29 is 4.42 Å². The highest BCUT2D eigenvalue weighted by Crippen LogP contribution is 2.39. The van der Waals surface area contributed by atoms with E-state index in [0.29, 0.717) is 23.2 Å². The number of benzene rings is 5. The third kappa shape index (κ3) is 4.63. The summed E-state index contributed by atoms with van der Waals surface area (Å²) in [7, 11) is 0. The van der Waals surface area contributed by atoms with Crippen molar-refractivity contribution in [2.45, 2.75) is 0 Å². The van der Waals surface area contributed by atoms with Crippen LogP contribution in [0.15, 0.2) is 150 Å². The monoisotopic (exact) mass is 552 g/mol. The van der Waals surface area contributed by atoms with Crippen LogP contribution < -0.4 is 0 Å². The molecule has 202 valence electrons. The van der Waals surface area contributed by atoms with Crippen molar-refractivity contribution in [1.82, 2.24) is 19.9 Å². The summed E-state index contributed by atoms with van der Waals surface area (Å²) >= 11 is 0. The van der Waals surface area contributed by atoms with Gasteiger partial charge in [0.1, 0.15) is 5.58 Å². The SMILES string of the molecule is c1ccc(-c2ccc(-c3cc(-c4nc(-c5ccccc5)nc(-c5ccccc5)n4)c4c(c3)oc3ncccc34)cc2)cc1. The van der Waals surface area contributed by atoms with E-state index in [1.807, 2.05) is 78.9 Å². The lowest BCUT2D eigenvalue weighted by Crippen LogP contribution is -2.00. The van der Waals surface area contributed by atoms with Gasteiger partial charge < -0.3 is 4.42 Å². The van der Waals surface area contributed by atoms with Crippen molar-refractivity contribution >= 4 is 22.1 Å². The molecule has 0 aliphatic carbocycles. The fourth-order valence-electron chi connectivity index (χ4n) is 5.50. The molecule has 0 saturated carbocycles. The molecule has 0 fully saturated rings. The van der Waals surface area contributed by atoms with Gasteiger partial charge in [-0.3, -0.25) is 0 Å². The van der Waals surface area contributed by atoms with E-state index in [2.05, 4.69) is 65.6 Å². The van der Waals surface area contributed by atoms with Crippen molar-refractivity contribution in [2.75, 3.05) is 0 Å². The first-order valence-electron chi connectivity index (χ1n) is 14.1. The van der Waals surface area contributed by atoms with Gasteiger partial charge in [0.2, 0.25) is 5.71 Å². The molecule has 0 spiro atoms. The Kier molecular flexibility index (Phi) is 6.05. The number of hydrogen-bond acceptors (Lipinski definition) is 5. The molecule has 0 aliphatic rings. The minimum atomic E-state index is 0.576. The van der Waals surface area contributed by atoms with Gasteiger partial charge in [0.15, 0.2) is 17.5 Å². The van der Waals surface area contributed by atoms with Gasteiger partial charge in [-0.2, -0.15) is 0 Å². The zero-order chi connectivity index (χ0) is 28.6. The number of pyridine rings is 1. The Morgan fingerprint density at radius 3 is 1.53 bits per heavy atom. The summed E-state index contributed by atoms with van der Waals surface area (Å²) in [6.45, 7) is 0. The molecular formula is C38H24N4O. The van der Waals surface area contributed by atoms with Crippen molar-refractivity contribution in [3.05, 3.63) is 146 Å². The second-order valence-electron chi connectivity index (χ2n) is 10.3. The second-order valence-corrected chi connectivity index (χ2v) is 10.3. The third-order valence-electron chi connectivity index (χ3n) is 7.61. The van der Waals surface area contributed by atoms with Gasteiger partial charge in [-0.15, -0.1) is 0 Å². The van der Waals surface area contributed by atoms with Crippen LogP contribution in [0.5, 0.6) is 0 Å². The van der Waals surface area contributed by atoms with Gasteiger partial charge in [0.25, 0.3) is 0 Å². The van der Waals surface area contributed by atoms with E-state index in [9.17, 15) is 0 Å². The highest BCUT2D eigenvalue weighted by molar-refractivity contribution is 6.12. The molecule has 8 rings (SSSR count). The minimum Gasteiger partial charge on any atom is -0.438 e. The summed E-state index contributed by atoms with van der Waals surface area (Å²) < 4.78 is 6.32. The van der Waals surface area contributed by atoms with Crippen molar-refractivity contribution in [3.63, 3.8) is 0 Å². The van der Waals surface area contributed by atoms with Crippen LogP contribution in [0, 0.1) is 0 Å². The Morgan fingerprint density at radius 1 is 0.419 bits per heavy atom. The summed E-state index contributed by atoms with van der Waals surface area (Å²) in [6, 6.07) is 47.2. The quantitative estimate of drug-likeness (QED) is 0.213. The average Bonchev–Trinajstić information content (AvgIpc) is 3.47. The fourth-order valence-corrected chi connectivity index (χ4v) is 5.50. The Balaban J connectivity index is 1.37. The van der Waals surface area contributed by atoms with E-state index in [0.717, 1.165) is 49.7 Å². The van der Waals surface area contributed by atoms with Gasteiger partial charge in [-0.25, -0.2) is 19.9 Å². The van der Waals surface area contributed by atoms with E-state index in [1.165, 1.54) is 5.56 Å². The van der Waals surface area contributed by atoms with E-state index >= 15 is 0 Å². The molecule has 5 aromatic carbocycles. The van der Waals surface area contributed by atoms with Crippen LogP contribution in [0.1, 0.15) is 0 Å². The van der Waals surface area contributed by atoms with Crippen molar-refractivity contribution in [2.24, 2.45) is 0 Å². The number of rotatable bonds is 5. The highest BCUT2D eigenvalue weighted by atomic mass is 16.3. The van der Waals surface area contributed by atoms with Crippen molar-refractivity contribution in [1.29, 1.82) is 0 Å². The maximum absolute atomic E-state index is 6.32. The Hall–Kier alpha value is -5.94. The molecular weight excluding hydrogens is 528 g/mol.